The van der Waals surface area contributed by atoms with Gasteiger partial charge in [0.25, 0.3) is 0 Å². The highest BCUT2D eigenvalue weighted by Crippen LogP contribution is 2.25. The van der Waals surface area contributed by atoms with Gasteiger partial charge in [-0.15, -0.1) is 0 Å². The number of carbonyl (C=O) groups excluding carboxylic acids is 1. The largest absolute Gasteiger partial charge is 0.478 e. The molecule has 0 unspecified atom stereocenters. The van der Waals surface area contributed by atoms with Crippen molar-refractivity contribution >= 4 is 34.4 Å². The van der Waals surface area contributed by atoms with Gasteiger partial charge in [0.05, 0.1) is 17.9 Å². The molecule has 2 aromatic carbocycles. The first-order chi connectivity index (χ1) is 12.4. The van der Waals surface area contributed by atoms with E-state index in [-0.39, 0.29) is 27.8 Å². The van der Waals surface area contributed by atoms with Crippen LogP contribution in [0, 0.1) is 11.6 Å². The van der Waals surface area contributed by atoms with Gasteiger partial charge >= 0.3 is 11.9 Å². The van der Waals surface area contributed by atoms with Crippen molar-refractivity contribution in [1.82, 2.24) is 0 Å². The number of nitrogens with one attached hydrogen (secondary N) is 1. The van der Waals surface area contributed by atoms with Gasteiger partial charge in [0, 0.05) is 11.0 Å². The third-order valence-electron chi connectivity index (χ3n) is 2.98. The number of hydrazone groups is 1. The minimum atomic E-state index is -1.17. The minimum Gasteiger partial charge on any atom is -0.478 e. The number of carboxylic acids is 1. The lowest BCUT2D eigenvalue weighted by Crippen LogP contribution is -2.16. The zero-order valence-corrected chi connectivity index (χ0v) is 14.3. The van der Waals surface area contributed by atoms with Crippen molar-refractivity contribution in [3.8, 4) is 0 Å². The average Bonchev–Trinajstić information content (AvgIpc) is 2.60. The maximum absolute atomic E-state index is 13.7. The highest BCUT2D eigenvalue weighted by Gasteiger charge is 2.19. The van der Waals surface area contributed by atoms with Crippen LogP contribution in [0.5, 0.6) is 0 Å². The van der Waals surface area contributed by atoms with E-state index in [0.717, 1.165) is 23.9 Å². The van der Waals surface area contributed by atoms with Crippen molar-refractivity contribution in [2.45, 2.75) is 11.8 Å². The molecule has 0 aliphatic rings. The number of thioether (sulfide) groups is 1. The van der Waals surface area contributed by atoms with Crippen LogP contribution >= 0.6 is 11.8 Å². The summed E-state index contributed by atoms with van der Waals surface area (Å²) >= 11 is 0.756. The topological polar surface area (TPSA) is 88.0 Å². The van der Waals surface area contributed by atoms with Gasteiger partial charge in [0.1, 0.15) is 5.82 Å². The highest BCUT2D eigenvalue weighted by atomic mass is 32.2. The first-order valence-corrected chi connectivity index (χ1v) is 8.20. The van der Waals surface area contributed by atoms with E-state index in [4.69, 9.17) is 4.74 Å². The maximum atomic E-state index is 13.7. The molecule has 0 spiro atoms. The number of hydrogen-bond donors (Lipinski definition) is 2. The molecule has 0 aliphatic heterocycles. The molecule has 136 valence electrons. The normalized spacial score (nSPS) is 11.1. The molecule has 0 atom stereocenters. The number of aromatic carboxylic acids is 1. The van der Waals surface area contributed by atoms with E-state index in [9.17, 15) is 23.5 Å². The quantitative estimate of drug-likeness (QED) is 0.270. The molecule has 26 heavy (non-hydrogen) atoms. The van der Waals surface area contributed by atoms with Crippen molar-refractivity contribution < 1.29 is 28.2 Å². The molecule has 0 saturated heterocycles. The van der Waals surface area contributed by atoms with Gasteiger partial charge in [-0.3, -0.25) is 5.43 Å². The van der Waals surface area contributed by atoms with Crippen LogP contribution < -0.4 is 5.43 Å². The number of anilines is 1. The summed E-state index contributed by atoms with van der Waals surface area (Å²) in [5.41, 5.74) is 2.15. The molecule has 0 saturated carbocycles. The molecule has 6 nitrogen and oxygen atoms in total. The van der Waals surface area contributed by atoms with Crippen molar-refractivity contribution in [2.75, 3.05) is 12.0 Å². The molecule has 0 heterocycles. The van der Waals surface area contributed by atoms with Crippen LogP contribution in [0.4, 0.5) is 14.5 Å². The van der Waals surface area contributed by atoms with E-state index in [1.807, 2.05) is 0 Å². The smallest absolute Gasteiger partial charge is 0.365 e. The lowest BCUT2D eigenvalue weighted by Gasteiger charge is -2.09. The molecule has 2 N–H and O–H groups in total. The van der Waals surface area contributed by atoms with Crippen molar-refractivity contribution in [1.29, 1.82) is 0 Å². The van der Waals surface area contributed by atoms with Crippen LogP contribution in [0.15, 0.2) is 52.5 Å². The summed E-state index contributed by atoms with van der Waals surface area (Å²) in [6, 6.07) is 8.83. The standard InChI is InChI=1S/C17H14F2N2O4S/c1-2-25-17(24)15(21-20-13-8-7-10(18)9-12(13)19)26-14-6-4-3-5-11(14)16(22)23/h3-9,20H,2H2,1H3,(H,22,23)/b21-15-. The first-order valence-electron chi connectivity index (χ1n) is 7.38. The summed E-state index contributed by atoms with van der Waals surface area (Å²) in [4.78, 5) is 23.6. The molecule has 0 fully saturated rings. The second-order valence-electron chi connectivity index (χ2n) is 4.78. The van der Waals surface area contributed by atoms with Gasteiger partial charge in [-0.05, 0) is 31.2 Å². The molecular weight excluding hydrogens is 366 g/mol. The SMILES string of the molecule is CCOC(=O)/C(=N/Nc1ccc(F)cc1F)Sc1ccccc1C(=O)O. The second-order valence-corrected chi connectivity index (χ2v) is 5.81. The highest BCUT2D eigenvalue weighted by molar-refractivity contribution is 8.15. The predicted molar refractivity (Wildman–Crippen MR) is 93.3 cm³/mol. The Bertz CT molecular complexity index is 858. The van der Waals surface area contributed by atoms with Gasteiger partial charge < -0.3 is 9.84 Å². The fourth-order valence-corrected chi connectivity index (χ4v) is 2.68. The van der Waals surface area contributed by atoms with E-state index in [1.165, 1.54) is 12.1 Å². The number of benzene rings is 2. The van der Waals surface area contributed by atoms with Crippen LogP contribution in [0.1, 0.15) is 17.3 Å². The molecule has 0 aliphatic carbocycles. The fourth-order valence-electron chi connectivity index (χ4n) is 1.83. The molecule has 0 amide bonds. The van der Waals surface area contributed by atoms with Gasteiger partial charge in [0.2, 0.25) is 5.04 Å². The van der Waals surface area contributed by atoms with E-state index in [2.05, 4.69) is 10.5 Å². The molecule has 9 heteroatoms. The van der Waals surface area contributed by atoms with Crippen molar-refractivity contribution in [2.24, 2.45) is 5.10 Å². The van der Waals surface area contributed by atoms with Gasteiger partial charge in [-0.1, -0.05) is 23.9 Å². The number of rotatable bonds is 5. The number of carboxylic acid groups (broad SMARTS) is 1. The lowest BCUT2D eigenvalue weighted by atomic mass is 10.2. The summed E-state index contributed by atoms with van der Waals surface area (Å²) in [5, 5.41) is 12.8. The number of ether oxygens (including phenoxy) is 1. The lowest BCUT2D eigenvalue weighted by molar-refractivity contribution is -0.134. The van der Waals surface area contributed by atoms with Gasteiger partial charge in [0.15, 0.2) is 5.82 Å². The van der Waals surface area contributed by atoms with Crippen LogP contribution in [-0.2, 0) is 9.53 Å². The number of halogens is 2. The first kappa shape index (κ1) is 19.4. The molecule has 0 radical (unpaired) electrons. The Morgan fingerprint density at radius 3 is 2.62 bits per heavy atom. The van der Waals surface area contributed by atoms with E-state index < -0.39 is 23.6 Å². The Balaban J connectivity index is 2.32. The Morgan fingerprint density at radius 1 is 1.23 bits per heavy atom. The Morgan fingerprint density at radius 2 is 1.96 bits per heavy atom. The van der Waals surface area contributed by atoms with Crippen LogP contribution in [0.25, 0.3) is 0 Å². The van der Waals surface area contributed by atoms with E-state index in [0.29, 0.717) is 6.07 Å². The zero-order chi connectivity index (χ0) is 19.1. The van der Waals surface area contributed by atoms with Crippen LogP contribution in [0.3, 0.4) is 0 Å². The number of hydrogen-bond acceptors (Lipinski definition) is 6. The zero-order valence-electron chi connectivity index (χ0n) is 13.5. The van der Waals surface area contributed by atoms with Gasteiger partial charge in [-0.2, -0.15) is 5.10 Å². The van der Waals surface area contributed by atoms with E-state index in [1.54, 1.807) is 19.1 Å². The Labute approximate surface area is 151 Å². The average molecular weight is 380 g/mol. The summed E-state index contributed by atoms with van der Waals surface area (Å²) in [7, 11) is 0. The molecule has 2 aromatic rings. The number of carbonyl (C=O) groups is 2. The van der Waals surface area contributed by atoms with Gasteiger partial charge in [-0.25, -0.2) is 18.4 Å². The molecule has 0 aromatic heterocycles. The fraction of sp³-hybridized carbons (Fsp3) is 0.118. The molecule has 2 rings (SSSR count). The van der Waals surface area contributed by atoms with Crippen molar-refractivity contribution in [3.63, 3.8) is 0 Å². The third-order valence-corrected chi connectivity index (χ3v) is 4.01. The summed E-state index contributed by atoms with van der Waals surface area (Å²) < 4.78 is 31.5. The number of esters is 1. The predicted octanol–water partition coefficient (Wildman–Crippen LogP) is 3.74. The van der Waals surface area contributed by atoms with Crippen LogP contribution in [-0.4, -0.2) is 28.7 Å². The summed E-state index contributed by atoms with van der Waals surface area (Å²) in [6.45, 7) is 1.67. The van der Waals surface area contributed by atoms with Crippen molar-refractivity contribution in [3.05, 3.63) is 59.7 Å². The summed E-state index contributed by atoms with van der Waals surface area (Å²) in [6.07, 6.45) is 0. The van der Waals surface area contributed by atoms with Crippen LogP contribution in [0.2, 0.25) is 0 Å². The maximum Gasteiger partial charge on any atom is 0.365 e. The third kappa shape index (κ3) is 5.03. The minimum absolute atomic E-state index is 0.0255. The Kier molecular flexibility index (Phi) is 6.67. The molecule has 0 bridgehead atoms. The van der Waals surface area contributed by atoms with E-state index >= 15 is 0 Å². The second kappa shape index (κ2) is 8.95. The Hall–Kier alpha value is -2.94. The number of nitrogens with zero attached hydrogens (tertiary/aromatic N) is 1. The molecular formula is C17H14F2N2O4S. The monoisotopic (exact) mass is 380 g/mol. The summed E-state index contributed by atoms with van der Waals surface area (Å²) in [5.74, 6) is -3.64.